The molecular formula is C17H27N3O. The number of likely N-dealkylation sites (N-methyl/N-ethyl adjacent to an activating group) is 1. The van der Waals surface area contributed by atoms with Crippen LogP contribution in [0.3, 0.4) is 0 Å². The summed E-state index contributed by atoms with van der Waals surface area (Å²) in [6.45, 7) is 4.42. The van der Waals surface area contributed by atoms with Crippen molar-refractivity contribution in [2.45, 2.75) is 38.6 Å². The first-order valence-electron chi connectivity index (χ1n) is 7.91. The molecule has 1 fully saturated rings. The largest absolute Gasteiger partial charge is 0.399 e. The molecule has 2 N–H and O–H groups in total. The number of carbonyl (C=O) groups is 1. The van der Waals surface area contributed by atoms with Gasteiger partial charge in [0.2, 0.25) is 5.91 Å². The van der Waals surface area contributed by atoms with E-state index in [-0.39, 0.29) is 11.9 Å². The van der Waals surface area contributed by atoms with E-state index in [1.54, 1.807) is 0 Å². The summed E-state index contributed by atoms with van der Waals surface area (Å²) >= 11 is 0. The summed E-state index contributed by atoms with van der Waals surface area (Å²) in [7, 11) is 2.00. The number of amides is 1. The topological polar surface area (TPSA) is 49.6 Å². The standard InChI is InChI=1S/C17H27N3O/c1-14(15-8-7-9-16(18)12-15)19(2)13-17(21)20-10-5-3-4-6-11-20/h7-9,12,14H,3-6,10-11,13,18H2,1-2H3. The molecular weight excluding hydrogens is 262 g/mol. The molecule has 1 amide bonds. The molecule has 1 saturated heterocycles. The van der Waals surface area contributed by atoms with Crippen LogP contribution in [-0.2, 0) is 4.79 Å². The average Bonchev–Trinajstić information content (AvgIpc) is 2.75. The zero-order valence-electron chi connectivity index (χ0n) is 13.2. The third-order valence-corrected chi connectivity index (χ3v) is 4.40. The molecule has 2 rings (SSSR count). The van der Waals surface area contributed by atoms with Crippen molar-refractivity contribution in [3.63, 3.8) is 0 Å². The van der Waals surface area contributed by atoms with Crippen LogP contribution in [0.5, 0.6) is 0 Å². The normalized spacial score (nSPS) is 17.6. The Morgan fingerprint density at radius 2 is 1.95 bits per heavy atom. The van der Waals surface area contributed by atoms with Gasteiger partial charge in [-0.05, 0) is 44.5 Å². The van der Waals surface area contributed by atoms with Crippen LogP contribution in [0.25, 0.3) is 0 Å². The molecule has 21 heavy (non-hydrogen) atoms. The van der Waals surface area contributed by atoms with E-state index in [0.29, 0.717) is 6.54 Å². The number of likely N-dealkylation sites (tertiary alicyclic amines) is 1. The molecule has 4 heteroatoms. The number of rotatable bonds is 4. The summed E-state index contributed by atoms with van der Waals surface area (Å²) in [5.41, 5.74) is 7.76. The quantitative estimate of drug-likeness (QED) is 0.867. The molecule has 0 spiro atoms. The van der Waals surface area contributed by atoms with E-state index in [1.165, 1.54) is 12.8 Å². The molecule has 1 aliphatic heterocycles. The second-order valence-electron chi connectivity index (χ2n) is 6.06. The highest BCUT2D eigenvalue weighted by Gasteiger charge is 2.20. The Hall–Kier alpha value is -1.55. The molecule has 1 unspecified atom stereocenters. The van der Waals surface area contributed by atoms with Crippen LogP contribution >= 0.6 is 0 Å². The molecule has 1 aromatic rings. The molecule has 0 saturated carbocycles. The lowest BCUT2D eigenvalue weighted by Gasteiger charge is -2.28. The Morgan fingerprint density at radius 3 is 2.57 bits per heavy atom. The SMILES string of the molecule is CC(c1cccc(N)c1)N(C)CC(=O)N1CCCCCC1. The second-order valence-corrected chi connectivity index (χ2v) is 6.06. The van der Waals surface area contributed by atoms with Gasteiger partial charge in [-0.15, -0.1) is 0 Å². The van der Waals surface area contributed by atoms with Crippen molar-refractivity contribution < 1.29 is 4.79 Å². The van der Waals surface area contributed by atoms with E-state index in [4.69, 9.17) is 5.73 Å². The number of benzene rings is 1. The first-order chi connectivity index (χ1) is 10.1. The van der Waals surface area contributed by atoms with Crippen molar-refractivity contribution in [2.24, 2.45) is 0 Å². The fourth-order valence-corrected chi connectivity index (χ4v) is 2.84. The Balaban J connectivity index is 1.93. The van der Waals surface area contributed by atoms with E-state index in [2.05, 4.69) is 17.9 Å². The minimum absolute atomic E-state index is 0.185. The molecule has 1 aromatic carbocycles. The lowest BCUT2D eigenvalue weighted by molar-refractivity contribution is -0.132. The molecule has 0 radical (unpaired) electrons. The van der Waals surface area contributed by atoms with Gasteiger partial charge in [0.15, 0.2) is 0 Å². The molecule has 4 nitrogen and oxygen atoms in total. The first kappa shape index (κ1) is 15.8. The van der Waals surface area contributed by atoms with Gasteiger partial charge in [0, 0.05) is 24.8 Å². The molecule has 1 heterocycles. The van der Waals surface area contributed by atoms with Crippen LogP contribution in [0.15, 0.2) is 24.3 Å². The lowest BCUT2D eigenvalue weighted by Crippen LogP contribution is -2.40. The summed E-state index contributed by atoms with van der Waals surface area (Å²) in [6, 6.07) is 8.08. The maximum absolute atomic E-state index is 12.4. The summed E-state index contributed by atoms with van der Waals surface area (Å²) in [4.78, 5) is 16.5. The van der Waals surface area contributed by atoms with Crippen LogP contribution in [-0.4, -0.2) is 42.4 Å². The van der Waals surface area contributed by atoms with Crippen molar-refractivity contribution in [3.05, 3.63) is 29.8 Å². The fourth-order valence-electron chi connectivity index (χ4n) is 2.84. The minimum Gasteiger partial charge on any atom is -0.399 e. The van der Waals surface area contributed by atoms with Gasteiger partial charge in [0.05, 0.1) is 6.54 Å². The Morgan fingerprint density at radius 1 is 1.29 bits per heavy atom. The fraction of sp³-hybridized carbons (Fsp3) is 0.588. The first-order valence-corrected chi connectivity index (χ1v) is 7.91. The van der Waals surface area contributed by atoms with Crippen molar-refractivity contribution in [2.75, 3.05) is 32.4 Å². The predicted octanol–water partition coefficient (Wildman–Crippen LogP) is 2.66. The minimum atomic E-state index is 0.185. The second kappa shape index (κ2) is 7.46. The van der Waals surface area contributed by atoms with Crippen molar-refractivity contribution in [3.8, 4) is 0 Å². The molecule has 0 aromatic heterocycles. The third-order valence-electron chi connectivity index (χ3n) is 4.40. The summed E-state index contributed by atoms with van der Waals surface area (Å²) in [6.07, 6.45) is 4.78. The van der Waals surface area contributed by atoms with Gasteiger partial charge in [-0.25, -0.2) is 0 Å². The van der Waals surface area contributed by atoms with E-state index in [1.807, 2.05) is 30.1 Å². The van der Waals surface area contributed by atoms with E-state index >= 15 is 0 Å². The highest BCUT2D eigenvalue weighted by atomic mass is 16.2. The van der Waals surface area contributed by atoms with E-state index < -0.39 is 0 Å². The highest BCUT2D eigenvalue weighted by Crippen LogP contribution is 2.21. The van der Waals surface area contributed by atoms with Crippen molar-refractivity contribution in [1.29, 1.82) is 0 Å². The number of carbonyl (C=O) groups excluding carboxylic acids is 1. The third kappa shape index (κ3) is 4.46. The number of hydrogen-bond acceptors (Lipinski definition) is 3. The smallest absolute Gasteiger partial charge is 0.236 e. The number of nitrogens with two attached hydrogens (primary N) is 1. The van der Waals surface area contributed by atoms with Gasteiger partial charge in [0.1, 0.15) is 0 Å². The van der Waals surface area contributed by atoms with Gasteiger partial charge in [-0.2, -0.15) is 0 Å². The Bertz CT molecular complexity index is 467. The monoisotopic (exact) mass is 289 g/mol. The van der Waals surface area contributed by atoms with Crippen LogP contribution in [0.4, 0.5) is 5.69 Å². The Labute approximate surface area is 127 Å². The Kier molecular flexibility index (Phi) is 5.62. The summed E-state index contributed by atoms with van der Waals surface area (Å²) < 4.78 is 0. The van der Waals surface area contributed by atoms with Gasteiger partial charge in [0.25, 0.3) is 0 Å². The summed E-state index contributed by atoms with van der Waals surface area (Å²) in [5, 5.41) is 0. The molecule has 1 atom stereocenters. The number of nitrogen functional groups attached to an aromatic ring is 1. The molecule has 1 aliphatic rings. The van der Waals surface area contributed by atoms with Gasteiger partial charge in [-0.1, -0.05) is 25.0 Å². The maximum atomic E-state index is 12.4. The van der Waals surface area contributed by atoms with Crippen LogP contribution in [0.2, 0.25) is 0 Å². The lowest BCUT2D eigenvalue weighted by atomic mass is 10.1. The van der Waals surface area contributed by atoms with Crippen LogP contribution < -0.4 is 5.73 Å². The highest BCUT2D eigenvalue weighted by molar-refractivity contribution is 5.78. The average molecular weight is 289 g/mol. The number of nitrogens with zero attached hydrogens (tertiary/aromatic N) is 2. The zero-order valence-corrected chi connectivity index (χ0v) is 13.2. The molecule has 0 aliphatic carbocycles. The number of hydrogen-bond donors (Lipinski definition) is 1. The van der Waals surface area contributed by atoms with Crippen LogP contribution in [0, 0.1) is 0 Å². The van der Waals surface area contributed by atoms with E-state index in [9.17, 15) is 4.79 Å². The molecule has 0 bridgehead atoms. The van der Waals surface area contributed by atoms with Crippen LogP contribution in [0.1, 0.15) is 44.2 Å². The van der Waals surface area contributed by atoms with Gasteiger partial charge >= 0.3 is 0 Å². The predicted molar refractivity (Wildman–Crippen MR) is 86.9 cm³/mol. The number of anilines is 1. The zero-order chi connectivity index (χ0) is 15.2. The van der Waals surface area contributed by atoms with Crippen molar-refractivity contribution in [1.82, 2.24) is 9.80 Å². The molecule has 116 valence electrons. The van der Waals surface area contributed by atoms with E-state index in [0.717, 1.165) is 37.2 Å². The summed E-state index contributed by atoms with van der Waals surface area (Å²) in [5.74, 6) is 0.246. The van der Waals surface area contributed by atoms with Gasteiger partial charge < -0.3 is 10.6 Å². The maximum Gasteiger partial charge on any atom is 0.236 e. The van der Waals surface area contributed by atoms with Crippen molar-refractivity contribution >= 4 is 11.6 Å². The van der Waals surface area contributed by atoms with Gasteiger partial charge in [-0.3, -0.25) is 9.69 Å².